The van der Waals surface area contributed by atoms with Gasteiger partial charge in [-0.15, -0.1) is 0 Å². The molecule has 4 aromatic carbocycles. The summed E-state index contributed by atoms with van der Waals surface area (Å²) in [5.41, 5.74) is 21.5. The molecule has 0 fully saturated rings. The number of aromatic carboxylic acids is 2. The molecule has 0 aliphatic heterocycles. The zero-order chi connectivity index (χ0) is 86.5. The van der Waals surface area contributed by atoms with Gasteiger partial charge in [-0.3, -0.25) is 30.3 Å². The monoisotopic (exact) mass is 1740 g/mol. The van der Waals surface area contributed by atoms with Crippen LogP contribution < -0.4 is 59.7 Å². The zero-order valence-corrected chi connectivity index (χ0v) is 66.6. The highest BCUT2D eigenvalue weighted by atomic mass is 35.5. The topological polar surface area (TPSA) is 604 Å². The number of pyridine rings is 4. The lowest BCUT2D eigenvalue weighted by molar-refractivity contribution is -0.385. The molecule has 39 nitrogen and oxygen atoms in total. The number of anilines is 11. The lowest BCUT2D eigenvalue weighted by Crippen LogP contribution is -2.18. The van der Waals surface area contributed by atoms with Crippen LogP contribution in [0.5, 0.6) is 0 Å². The largest absolute Gasteiger partial charge is 0.478 e. The number of benzene rings is 4. The van der Waals surface area contributed by atoms with Crippen LogP contribution in [0.25, 0.3) is 45.0 Å². The number of halogens is 6. The van der Waals surface area contributed by atoms with Crippen LogP contribution in [0, 0.1) is 64.3 Å². The number of nitro groups is 3. The van der Waals surface area contributed by atoms with E-state index in [2.05, 4.69) is 108 Å². The number of aromatic nitrogens is 12. The molecule has 12 aromatic rings. The molecule has 0 radical (unpaired) electrons. The van der Waals surface area contributed by atoms with Gasteiger partial charge in [-0.2, -0.15) is 15.8 Å². The molecule has 610 valence electrons. The third kappa shape index (κ3) is 25.0. The molecule has 16 N–H and O–H groups in total. The number of rotatable bonds is 30. The summed E-state index contributed by atoms with van der Waals surface area (Å²) in [6, 6.07) is 39.2. The normalized spacial score (nSPS) is 10.3. The fourth-order valence-corrected chi connectivity index (χ4v) is 11.9. The van der Waals surface area contributed by atoms with Gasteiger partial charge < -0.3 is 69.9 Å². The third-order valence-corrected chi connectivity index (χ3v) is 17.7. The summed E-state index contributed by atoms with van der Waals surface area (Å²) < 4.78 is 0. The van der Waals surface area contributed by atoms with E-state index in [0.717, 1.165) is 0 Å². The van der Waals surface area contributed by atoms with Crippen LogP contribution in [-0.2, 0) is 6.42 Å². The van der Waals surface area contributed by atoms with Gasteiger partial charge in [-0.25, -0.2) is 69.4 Å². The fraction of sp³-hybridized carbons (Fsp3) is 0.133. The Morgan fingerprint density at radius 2 is 0.817 bits per heavy atom. The predicted molar refractivity (Wildman–Crippen MR) is 455 cm³/mol. The van der Waals surface area contributed by atoms with E-state index < -0.39 is 26.7 Å². The Kier molecular flexibility index (Phi) is 31.9. The molecular weight excluding hydrogens is 1680 g/mol. The molecule has 0 aliphatic rings. The molecule has 0 unspecified atom stereocenters. The van der Waals surface area contributed by atoms with Crippen LogP contribution in [-0.4, -0.2) is 149 Å². The molecule has 8 heterocycles. The van der Waals surface area contributed by atoms with E-state index in [4.69, 9.17) is 92.1 Å². The fourth-order valence-electron chi connectivity index (χ4n) is 10.4. The number of hydrogen-bond donors (Lipinski definition) is 13. The number of nitrogens with two attached hydrogens (primary N) is 3. The highest BCUT2D eigenvalue weighted by molar-refractivity contribution is 6.37. The van der Waals surface area contributed by atoms with Crippen molar-refractivity contribution in [1.29, 1.82) is 15.8 Å². The summed E-state index contributed by atoms with van der Waals surface area (Å²) in [5.74, 6) is 0.453. The zero-order valence-electron chi connectivity index (χ0n) is 62.1. The van der Waals surface area contributed by atoms with E-state index in [-0.39, 0.29) is 67.6 Å². The number of aryl methyl sites for hydroxylation is 1. The number of hydrogen-bond acceptors (Lipinski definition) is 34. The van der Waals surface area contributed by atoms with Crippen LogP contribution in [0.3, 0.4) is 0 Å². The van der Waals surface area contributed by atoms with Crippen LogP contribution in [0.1, 0.15) is 50.0 Å². The Morgan fingerprint density at radius 3 is 1.19 bits per heavy atom. The first-order valence-electron chi connectivity index (χ1n) is 34.8. The van der Waals surface area contributed by atoms with Crippen molar-refractivity contribution in [3.05, 3.63) is 252 Å². The van der Waals surface area contributed by atoms with Crippen molar-refractivity contribution in [1.82, 2.24) is 59.8 Å². The Bertz CT molecular complexity index is 5900. The quantitative estimate of drug-likeness (QED) is 0.0113. The number of nitriles is 3. The SMILES string of the molecule is CCc1nc(NCCNc2ccc(N)cn2)nc(-c2ccc(C#N)cc2)c1C(=O)O.N#Cc1cnc(NCCNc2ccc([N+](=O)[O-])c(N)n2)nc1-c1ccc(Cl)cc1Cl.N#Cc1cnc(NCCNc2ccc([N+](=O)[O-])cn2)nc1-c1ccc(Cl)cc1Cl.Nc1nc(NCCNc2ncc(C(=O)O)c(-c3ccc(Cl)cc3Cl)n2)ccc1[N+](=O)[O-]. The number of nitrogens with one attached hydrogen (secondary N) is 8. The van der Waals surface area contributed by atoms with Gasteiger partial charge in [0.1, 0.15) is 52.7 Å². The van der Waals surface area contributed by atoms with Gasteiger partial charge in [0, 0.05) is 114 Å². The van der Waals surface area contributed by atoms with Crippen LogP contribution in [0.15, 0.2) is 158 Å². The standard InChI is InChI=1S/C21H21N7O2.C18H14Cl2N8O2.C18H15Cl2N7O4.C18H13Cl2N7O2/c1-2-16-18(20(29)30)19(14-5-3-13(11-22)4-6-14)28-21(27-16)25-10-9-24-17-8-7-15(23)12-26-17;19-11-1-2-12(13(20)7-11)16-10(8-21)9-25-18(27-16)24-6-5-23-15-4-3-14(28(29)30)17(22)26-15;19-9-1-2-10(12(20)7-9)15-11(17(28)29)8-24-18(26-15)23-6-5-22-14-4-3-13(27(30)31)16(21)25-14;19-12-1-3-14(15(20)7-12)17-11(8-21)9-25-18(26-17)23-6-5-22-16-4-2-13(10-24-16)27(28)29/h3-8,12H,2,9-10,23H2,1H3,(H,24,26)(H,29,30)(H,25,27,28);1-4,7,9H,5-6H2,(H3,22,23,26)(H,24,25,27);1-4,7-8H,5-6H2,(H,28,29)(H3,21,22,25)(H,23,24,26);1-4,7,9-10H,5-6H2,(H,22,24)(H,23,25,26). The molecule has 0 amide bonds. The van der Waals surface area contributed by atoms with Gasteiger partial charge in [-0.05, 0) is 103 Å². The maximum atomic E-state index is 11.9. The van der Waals surface area contributed by atoms with E-state index in [1.165, 1.54) is 67.3 Å². The first kappa shape index (κ1) is 88.9. The molecule has 12 rings (SSSR count). The van der Waals surface area contributed by atoms with E-state index >= 15 is 0 Å². The minimum Gasteiger partial charge on any atom is -0.478 e. The lowest BCUT2D eigenvalue weighted by atomic mass is 10.0. The summed E-state index contributed by atoms with van der Waals surface area (Å²) in [7, 11) is 0. The Labute approximate surface area is 709 Å². The minimum atomic E-state index is -1.20. The average molecular weight is 1740 g/mol. The van der Waals surface area contributed by atoms with E-state index in [1.807, 2.05) is 19.1 Å². The first-order chi connectivity index (χ1) is 57.6. The van der Waals surface area contributed by atoms with Gasteiger partial charge in [-0.1, -0.05) is 88.7 Å². The molecule has 8 aromatic heterocycles. The van der Waals surface area contributed by atoms with Gasteiger partial charge in [0.15, 0.2) is 0 Å². The average Bonchev–Trinajstić information content (AvgIpc) is 0.801. The predicted octanol–water partition coefficient (Wildman–Crippen LogP) is 14.2. The Morgan fingerprint density at radius 1 is 0.417 bits per heavy atom. The molecule has 45 heteroatoms. The van der Waals surface area contributed by atoms with Crippen molar-refractivity contribution in [3.63, 3.8) is 0 Å². The molecule has 0 saturated heterocycles. The summed E-state index contributed by atoms with van der Waals surface area (Å²) >= 11 is 36.4. The summed E-state index contributed by atoms with van der Waals surface area (Å²) in [5, 5.41) is 106. The molecular formula is C75H63Cl6N29O10. The molecule has 0 bridgehead atoms. The number of nitrogens with zero attached hydrogens (tertiary/aromatic N) is 18. The van der Waals surface area contributed by atoms with Crippen LogP contribution in [0.2, 0.25) is 30.1 Å². The highest BCUT2D eigenvalue weighted by Crippen LogP contribution is 2.36. The van der Waals surface area contributed by atoms with Gasteiger partial charge >= 0.3 is 23.3 Å². The van der Waals surface area contributed by atoms with Gasteiger partial charge in [0.2, 0.25) is 35.4 Å². The number of carboxylic acids is 2. The van der Waals surface area contributed by atoms with Crippen molar-refractivity contribution in [2.45, 2.75) is 13.3 Å². The van der Waals surface area contributed by atoms with Gasteiger partial charge in [0.25, 0.3) is 5.69 Å². The van der Waals surface area contributed by atoms with Crippen LogP contribution >= 0.6 is 69.6 Å². The molecule has 0 atom stereocenters. The third-order valence-electron chi connectivity index (χ3n) is 16.0. The minimum absolute atomic E-state index is 0.0666. The van der Waals surface area contributed by atoms with E-state index in [1.54, 1.807) is 91.1 Å². The molecule has 0 saturated carbocycles. The Balaban J connectivity index is 0.000000182. The van der Waals surface area contributed by atoms with E-state index in [9.17, 15) is 60.7 Å². The lowest BCUT2D eigenvalue weighted by Gasteiger charge is -2.13. The number of carboxylic acid groups (broad SMARTS) is 2. The molecule has 0 aliphatic carbocycles. The second-order valence-corrected chi connectivity index (χ2v) is 26.6. The van der Waals surface area contributed by atoms with Crippen molar-refractivity contribution in [3.8, 4) is 63.2 Å². The summed E-state index contributed by atoms with van der Waals surface area (Å²) in [4.78, 5) is 104. The first-order valence-corrected chi connectivity index (χ1v) is 37.1. The van der Waals surface area contributed by atoms with E-state index in [0.29, 0.717) is 181 Å². The Hall–Kier alpha value is -15.1. The van der Waals surface area contributed by atoms with Crippen molar-refractivity contribution in [2.75, 3.05) is 112 Å². The maximum Gasteiger partial charge on any atom is 0.339 e. The number of nitrogen functional groups attached to an aromatic ring is 3. The van der Waals surface area contributed by atoms with Gasteiger partial charge in [0.05, 0.1) is 105 Å². The van der Waals surface area contributed by atoms with Crippen molar-refractivity contribution in [2.24, 2.45) is 0 Å². The van der Waals surface area contributed by atoms with Crippen LogP contribution in [0.4, 0.5) is 81.5 Å². The van der Waals surface area contributed by atoms with Crippen molar-refractivity contribution >= 4 is 163 Å². The maximum absolute atomic E-state index is 11.9. The number of carbonyl (C=O) groups is 2. The second kappa shape index (κ2) is 43.1. The highest BCUT2D eigenvalue weighted by Gasteiger charge is 2.24. The second-order valence-electron chi connectivity index (χ2n) is 24.1. The molecule has 0 spiro atoms. The van der Waals surface area contributed by atoms with Crippen molar-refractivity contribution < 1.29 is 34.6 Å². The molecule has 120 heavy (non-hydrogen) atoms. The smallest absolute Gasteiger partial charge is 0.339 e. The summed E-state index contributed by atoms with van der Waals surface area (Å²) in [6.07, 6.45) is 7.20. The summed E-state index contributed by atoms with van der Waals surface area (Å²) in [6.45, 7) is 5.29.